The first-order chi connectivity index (χ1) is 15.9. The van der Waals surface area contributed by atoms with E-state index in [2.05, 4.69) is 0 Å². The summed E-state index contributed by atoms with van der Waals surface area (Å²) in [6, 6.07) is 17.0. The van der Waals surface area contributed by atoms with Gasteiger partial charge < -0.3 is 19.2 Å². The molecule has 1 aliphatic heterocycles. The largest absolute Gasteiger partial charge is 0.508 e. The molecular weight excluding hydrogens is 418 g/mol. The number of carbonyl (C=O) groups excluding carboxylic acids is 1. The van der Waals surface area contributed by atoms with E-state index in [0.717, 1.165) is 16.7 Å². The molecule has 1 atom stereocenters. The van der Waals surface area contributed by atoms with Crippen molar-refractivity contribution in [3.63, 3.8) is 0 Å². The van der Waals surface area contributed by atoms with Gasteiger partial charge in [-0.05, 0) is 72.5 Å². The number of carbonyl (C=O) groups is 1. The molecule has 0 aliphatic carbocycles. The van der Waals surface area contributed by atoms with Crippen molar-refractivity contribution in [1.82, 2.24) is 4.90 Å². The molecule has 0 bridgehead atoms. The predicted octanol–water partition coefficient (Wildman–Crippen LogP) is 4.87. The Bertz CT molecular complexity index is 1450. The van der Waals surface area contributed by atoms with E-state index >= 15 is 0 Å². The molecule has 0 saturated heterocycles. The van der Waals surface area contributed by atoms with Crippen LogP contribution in [0.3, 0.4) is 0 Å². The van der Waals surface area contributed by atoms with E-state index in [1.165, 1.54) is 0 Å². The lowest BCUT2D eigenvalue weighted by molar-refractivity contribution is 0.0714. The maximum Gasteiger partial charge on any atom is 0.291 e. The normalized spacial score (nSPS) is 15.2. The Hall–Kier alpha value is -4.06. The van der Waals surface area contributed by atoms with Crippen LogP contribution in [0.1, 0.15) is 44.4 Å². The number of phenolic OH excluding ortho intramolecular Hbond substituents is 1. The Labute approximate surface area is 190 Å². The van der Waals surface area contributed by atoms with Crippen LogP contribution in [0.4, 0.5) is 0 Å². The molecule has 33 heavy (non-hydrogen) atoms. The Morgan fingerprint density at radius 2 is 1.73 bits per heavy atom. The third-order valence-corrected chi connectivity index (χ3v) is 6.28. The maximum absolute atomic E-state index is 13.7. The molecule has 6 nitrogen and oxygen atoms in total. The van der Waals surface area contributed by atoms with Crippen LogP contribution in [-0.4, -0.2) is 23.0 Å². The third kappa shape index (κ3) is 3.44. The predicted molar refractivity (Wildman–Crippen MR) is 125 cm³/mol. The van der Waals surface area contributed by atoms with Gasteiger partial charge in [0, 0.05) is 6.54 Å². The van der Waals surface area contributed by atoms with Crippen molar-refractivity contribution < 1.29 is 19.1 Å². The summed E-state index contributed by atoms with van der Waals surface area (Å²) in [5.41, 5.74) is 3.95. The van der Waals surface area contributed by atoms with Crippen LogP contribution in [0.2, 0.25) is 0 Å². The Morgan fingerprint density at radius 3 is 2.42 bits per heavy atom. The van der Waals surface area contributed by atoms with Gasteiger partial charge in [-0.2, -0.15) is 0 Å². The molecule has 166 valence electrons. The lowest BCUT2D eigenvalue weighted by atomic mass is 9.97. The van der Waals surface area contributed by atoms with Gasteiger partial charge in [-0.15, -0.1) is 0 Å². The zero-order chi connectivity index (χ0) is 23.3. The van der Waals surface area contributed by atoms with Gasteiger partial charge in [-0.1, -0.05) is 24.3 Å². The summed E-state index contributed by atoms with van der Waals surface area (Å²) in [6.07, 6.45) is 0. The van der Waals surface area contributed by atoms with Gasteiger partial charge >= 0.3 is 0 Å². The van der Waals surface area contributed by atoms with Crippen LogP contribution < -0.4 is 10.2 Å². The van der Waals surface area contributed by atoms with Crippen molar-refractivity contribution in [2.45, 2.75) is 26.4 Å². The molecule has 4 aromatic rings. The van der Waals surface area contributed by atoms with Crippen molar-refractivity contribution in [3.05, 3.63) is 104 Å². The molecule has 5 rings (SSSR count). The average molecular weight is 441 g/mol. The van der Waals surface area contributed by atoms with Crippen LogP contribution >= 0.6 is 0 Å². The molecule has 0 fully saturated rings. The fourth-order valence-corrected chi connectivity index (χ4v) is 4.41. The molecule has 6 heteroatoms. The first-order valence-corrected chi connectivity index (χ1v) is 10.7. The van der Waals surface area contributed by atoms with Crippen LogP contribution in [0, 0.1) is 13.8 Å². The number of benzene rings is 3. The maximum atomic E-state index is 13.7. The number of fused-ring (bicyclic) bond motifs is 2. The topological polar surface area (TPSA) is 80.0 Å². The van der Waals surface area contributed by atoms with Crippen molar-refractivity contribution in [2.24, 2.45) is 0 Å². The molecule has 2 heterocycles. The smallest absolute Gasteiger partial charge is 0.291 e. The second-order valence-corrected chi connectivity index (χ2v) is 8.39. The zero-order valence-corrected chi connectivity index (χ0v) is 18.6. The number of amides is 1. The minimum Gasteiger partial charge on any atom is -0.508 e. The number of phenols is 1. The highest BCUT2D eigenvalue weighted by Gasteiger charge is 2.42. The van der Waals surface area contributed by atoms with Crippen molar-refractivity contribution >= 4 is 16.9 Å². The molecule has 1 N–H and O–H groups in total. The van der Waals surface area contributed by atoms with Crippen molar-refractivity contribution in [3.8, 4) is 11.5 Å². The molecule has 3 aromatic carbocycles. The fourth-order valence-electron chi connectivity index (χ4n) is 4.41. The number of hydrogen-bond donors (Lipinski definition) is 1. The first kappa shape index (κ1) is 20.8. The Balaban J connectivity index is 1.71. The Kier molecular flexibility index (Phi) is 4.93. The molecule has 1 unspecified atom stereocenters. The molecule has 0 spiro atoms. The van der Waals surface area contributed by atoms with E-state index in [9.17, 15) is 14.7 Å². The van der Waals surface area contributed by atoms with E-state index in [-0.39, 0.29) is 29.4 Å². The summed E-state index contributed by atoms with van der Waals surface area (Å²) >= 11 is 0. The van der Waals surface area contributed by atoms with E-state index in [0.29, 0.717) is 27.8 Å². The summed E-state index contributed by atoms with van der Waals surface area (Å²) in [5.74, 6) is 0.478. The first-order valence-electron chi connectivity index (χ1n) is 10.7. The molecule has 1 aliphatic rings. The van der Waals surface area contributed by atoms with E-state index in [1.807, 2.05) is 44.2 Å². The number of aryl methyl sites for hydroxylation is 2. The highest BCUT2D eigenvalue weighted by molar-refractivity contribution is 5.99. The minimum absolute atomic E-state index is 0.0533. The number of hydrogen-bond acceptors (Lipinski definition) is 5. The number of rotatable bonds is 4. The van der Waals surface area contributed by atoms with Gasteiger partial charge in [0.05, 0.1) is 24.1 Å². The number of methoxy groups -OCH3 is 1. The van der Waals surface area contributed by atoms with Crippen LogP contribution in [0.15, 0.2) is 69.9 Å². The third-order valence-electron chi connectivity index (χ3n) is 6.28. The van der Waals surface area contributed by atoms with Gasteiger partial charge in [0.1, 0.15) is 17.1 Å². The standard InChI is InChI=1S/C27H23NO5/c1-15-11-21-22(12-16(15)2)33-26-23(25(21)30)24(18-5-4-6-19(29)13-18)28(27(26)31)14-17-7-9-20(32-3)10-8-17/h4-13,24,29H,14H2,1-3H3. The lowest BCUT2D eigenvalue weighted by Gasteiger charge is -2.25. The highest BCUT2D eigenvalue weighted by Crippen LogP contribution is 2.40. The monoisotopic (exact) mass is 441 g/mol. The molecular formula is C27H23NO5. The average Bonchev–Trinajstić information content (AvgIpc) is 3.08. The van der Waals surface area contributed by atoms with Crippen LogP contribution in [0.5, 0.6) is 11.5 Å². The van der Waals surface area contributed by atoms with Gasteiger partial charge in [-0.25, -0.2) is 0 Å². The highest BCUT2D eigenvalue weighted by atomic mass is 16.5. The van der Waals surface area contributed by atoms with Gasteiger partial charge in [-0.3, -0.25) is 9.59 Å². The number of nitrogens with zero attached hydrogens (tertiary/aromatic N) is 1. The summed E-state index contributed by atoms with van der Waals surface area (Å²) in [7, 11) is 1.60. The van der Waals surface area contributed by atoms with Crippen molar-refractivity contribution in [2.75, 3.05) is 7.11 Å². The number of aromatic hydroxyl groups is 1. The van der Waals surface area contributed by atoms with Crippen LogP contribution in [-0.2, 0) is 6.54 Å². The quantitative estimate of drug-likeness (QED) is 0.489. The summed E-state index contributed by atoms with van der Waals surface area (Å²) in [4.78, 5) is 28.8. The number of ether oxygens (including phenoxy) is 1. The fraction of sp³-hybridized carbons (Fsp3) is 0.185. The van der Waals surface area contributed by atoms with E-state index in [4.69, 9.17) is 9.15 Å². The van der Waals surface area contributed by atoms with Crippen molar-refractivity contribution in [1.29, 1.82) is 0 Å². The van der Waals surface area contributed by atoms with Gasteiger partial charge in [0.15, 0.2) is 5.43 Å². The summed E-state index contributed by atoms with van der Waals surface area (Å²) in [5, 5.41) is 10.6. The summed E-state index contributed by atoms with van der Waals surface area (Å²) in [6.45, 7) is 4.14. The van der Waals surface area contributed by atoms with Gasteiger partial charge in [0.2, 0.25) is 5.76 Å². The Morgan fingerprint density at radius 1 is 1.00 bits per heavy atom. The van der Waals surface area contributed by atoms with Crippen LogP contribution in [0.25, 0.3) is 11.0 Å². The lowest BCUT2D eigenvalue weighted by Crippen LogP contribution is -2.29. The van der Waals surface area contributed by atoms with E-state index in [1.54, 1.807) is 42.3 Å². The zero-order valence-electron chi connectivity index (χ0n) is 18.6. The molecule has 1 amide bonds. The summed E-state index contributed by atoms with van der Waals surface area (Å²) < 4.78 is 11.3. The minimum atomic E-state index is -0.677. The SMILES string of the molecule is COc1ccc(CN2C(=O)c3oc4cc(C)c(C)cc4c(=O)c3C2c2cccc(O)c2)cc1. The molecule has 0 saturated carbocycles. The second-order valence-electron chi connectivity index (χ2n) is 8.39. The molecule has 1 aromatic heterocycles. The second kappa shape index (κ2) is 7.81. The van der Waals surface area contributed by atoms with Gasteiger partial charge in [0.25, 0.3) is 5.91 Å². The van der Waals surface area contributed by atoms with E-state index < -0.39 is 6.04 Å². The molecule has 0 radical (unpaired) electrons.